The van der Waals surface area contributed by atoms with Gasteiger partial charge in [-0.15, -0.1) is 0 Å². The number of nitro benzene ring substituents is 1. The summed E-state index contributed by atoms with van der Waals surface area (Å²) in [5.41, 5.74) is 1.12. The van der Waals surface area contributed by atoms with E-state index in [0.717, 1.165) is 11.3 Å². The van der Waals surface area contributed by atoms with Crippen molar-refractivity contribution in [3.63, 3.8) is 0 Å². The van der Waals surface area contributed by atoms with Crippen molar-refractivity contribution in [1.82, 2.24) is 4.57 Å². The summed E-state index contributed by atoms with van der Waals surface area (Å²) in [6, 6.07) is 13.8. The summed E-state index contributed by atoms with van der Waals surface area (Å²) < 4.78 is 29.2. The van der Waals surface area contributed by atoms with Gasteiger partial charge in [0, 0.05) is 16.7 Å². The lowest BCUT2D eigenvalue weighted by Crippen LogP contribution is -2.40. The number of nitro groups is 1. The third kappa shape index (κ3) is 8.16. The molecular weight excluding hydrogens is 770 g/mol. The zero-order valence-electron chi connectivity index (χ0n) is 27.8. The molecule has 0 spiro atoms. The Morgan fingerprint density at radius 2 is 1.84 bits per heavy atom. The Labute approximate surface area is 308 Å². The van der Waals surface area contributed by atoms with Crippen molar-refractivity contribution >= 4 is 62.6 Å². The molecule has 1 aliphatic rings. The number of carbonyl (C=O) groups excluding carboxylic acids is 2. The minimum atomic E-state index is -0.988. The van der Waals surface area contributed by atoms with E-state index in [-0.39, 0.29) is 59.5 Å². The van der Waals surface area contributed by atoms with Crippen LogP contribution < -0.4 is 29.1 Å². The molecule has 266 valence electrons. The number of thiazole rings is 1. The largest absolute Gasteiger partial charge is 0.490 e. The van der Waals surface area contributed by atoms with Gasteiger partial charge >= 0.3 is 17.6 Å². The smallest absolute Gasteiger partial charge is 0.343 e. The Bertz CT molecular complexity index is 2230. The van der Waals surface area contributed by atoms with Gasteiger partial charge in [0.2, 0.25) is 5.75 Å². The predicted octanol–water partition coefficient (Wildman–Crippen LogP) is 5.65. The molecular formula is C35H31BrClN3O10S. The molecule has 0 saturated heterocycles. The van der Waals surface area contributed by atoms with Gasteiger partial charge < -0.3 is 23.7 Å². The first-order valence-electron chi connectivity index (χ1n) is 15.5. The topological polar surface area (TPSA) is 158 Å². The monoisotopic (exact) mass is 799 g/mol. The van der Waals surface area contributed by atoms with Crippen LogP contribution in [0.5, 0.6) is 17.2 Å². The molecule has 0 fully saturated rings. The molecule has 51 heavy (non-hydrogen) atoms. The third-order valence-corrected chi connectivity index (χ3v) is 9.48. The number of nitrogens with zero attached hydrogens (tertiary/aromatic N) is 3. The van der Waals surface area contributed by atoms with Gasteiger partial charge in [-0.05, 0) is 78.2 Å². The van der Waals surface area contributed by atoms with Gasteiger partial charge in [0.15, 0.2) is 22.9 Å². The highest BCUT2D eigenvalue weighted by Crippen LogP contribution is 2.38. The van der Waals surface area contributed by atoms with Gasteiger partial charge in [0.1, 0.15) is 6.61 Å². The second kappa shape index (κ2) is 16.4. The third-order valence-electron chi connectivity index (χ3n) is 7.54. The number of halogens is 2. The lowest BCUT2D eigenvalue weighted by atomic mass is 9.95. The van der Waals surface area contributed by atoms with Crippen LogP contribution in [0.25, 0.3) is 6.08 Å². The minimum absolute atomic E-state index is 0.00246. The number of allylic oxidation sites excluding steroid dienone is 1. The van der Waals surface area contributed by atoms with Crippen molar-refractivity contribution in [2.24, 2.45) is 4.99 Å². The van der Waals surface area contributed by atoms with E-state index >= 15 is 0 Å². The van der Waals surface area contributed by atoms with E-state index < -0.39 is 28.5 Å². The molecule has 13 nitrogen and oxygen atoms in total. The quantitative estimate of drug-likeness (QED) is 0.0940. The molecule has 2 heterocycles. The molecule has 16 heteroatoms. The number of rotatable bonds is 13. The normalized spacial score (nSPS) is 14.0. The highest BCUT2D eigenvalue weighted by atomic mass is 79.9. The first kappa shape index (κ1) is 37.3. The van der Waals surface area contributed by atoms with Crippen LogP contribution in [-0.4, -0.2) is 48.4 Å². The maximum absolute atomic E-state index is 14.2. The summed E-state index contributed by atoms with van der Waals surface area (Å²) in [6.07, 6.45) is 1.51. The number of fused-ring (bicyclic) bond motifs is 1. The van der Waals surface area contributed by atoms with E-state index in [1.165, 1.54) is 23.8 Å². The number of aromatic nitrogens is 1. The van der Waals surface area contributed by atoms with Gasteiger partial charge in [0.25, 0.3) is 5.56 Å². The van der Waals surface area contributed by atoms with Gasteiger partial charge in [-0.3, -0.25) is 19.5 Å². The molecule has 0 aliphatic carbocycles. The summed E-state index contributed by atoms with van der Waals surface area (Å²) in [5, 5.41) is 12.6. The maximum Gasteiger partial charge on any atom is 0.343 e. The average molecular weight is 801 g/mol. The van der Waals surface area contributed by atoms with E-state index in [2.05, 4.69) is 25.7 Å². The minimum Gasteiger partial charge on any atom is -0.490 e. The molecule has 0 amide bonds. The van der Waals surface area contributed by atoms with Crippen molar-refractivity contribution in [2.75, 3.05) is 26.9 Å². The van der Waals surface area contributed by atoms with Crippen LogP contribution in [0.1, 0.15) is 43.5 Å². The van der Waals surface area contributed by atoms with Crippen molar-refractivity contribution in [1.29, 1.82) is 0 Å². The second-order valence-electron chi connectivity index (χ2n) is 10.8. The van der Waals surface area contributed by atoms with Crippen LogP contribution in [0.2, 0.25) is 5.02 Å². The number of carbonyl (C=O) groups is 2. The molecule has 1 aromatic heterocycles. The van der Waals surface area contributed by atoms with Gasteiger partial charge in [-0.25, -0.2) is 14.6 Å². The van der Waals surface area contributed by atoms with Crippen LogP contribution >= 0.6 is 38.9 Å². The maximum atomic E-state index is 14.2. The van der Waals surface area contributed by atoms with E-state index in [4.69, 9.17) is 30.5 Å². The molecule has 0 bridgehead atoms. The number of methoxy groups -OCH3 is 1. The van der Waals surface area contributed by atoms with Crippen LogP contribution in [0.15, 0.2) is 80.1 Å². The first-order valence-corrected chi connectivity index (χ1v) is 17.5. The summed E-state index contributed by atoms with van der Waals surface area (Å²) in [5.74, 6) is -0.726. The fourth-order valence-electron chi connectivity index (χ4n) is 5.26. The fourth-order valence-corrected chi connectivity index (χ4v) is 7.08. The predicted molar refractivity (Wildman–Crippen MR) is 192 cm³/mol. The number of benzene rings is 3. The molecule has 5 rings (SSSR count). The highest BCUT2D eigenvalue weighted by molar-refractivity contribution is 9.10. The molecule has 4 aromatic rings. The van der Waals surface area contributed by atoms with E-state index in [1.54, 1.807) is 69.3 Å². The summed E-state index contributed by atoms with van der Waals surface area (Å²) in [6.45, 7) is 5.06. The SMILES string of the molecule is CCOC(=O)C1=C(C)N=c2s/c(=C/c3cc(Br)c(OCc4ccccc4Cl)c([N+](=O)[O-])c3)c(=O)n2[C@@H]1c1ccc(OCC(=O)OC)c(OCC)c1. The molecule has 0 saturated carbocycles. The Balaban J connectivity index is 1.61. The van der Waals surface area contributed by atoms with Crippen molar-refractivity contribution < 1.29 is 38.2 Å². The lowest BCUT2D eigenvalue weighted by Gasteiger charge is -2.25. The number of ether oxygens (including phenoxy) is 5. The standard InChI is InChI=1S/C35H31BrClN3O10S/c1-5-47-27-16-21(11-12-26(27)49-18-29(41)46-4)31-30(34(43)48-6-2)19(3)38-35-39(31)33(42)28(51-35)15-20-13-23(36)32(25(14-20)40(44)45)50-17-22-9-7-8-10-24(22)37/h7-16,31H,5-6,17-18H2,1-4H3/b28-15+/t31-/m1/s1. The molecule has 0 radical (unpaired) electrons. The zero-order chi connectivity index (χ0) is 36.8. The van der Waals surface area contributed by atoms with E-state index in [9.17, 15) is 24.5 Å². The summed E-state index contributed by atoms with van der Waals surface area (Å²) in [4.78, 5) is 55.8. The van der Waals surface area contributed by atoms with Gasteiger partial charge in [0.05, 0.1) is 51.6 Å². The van der Waals surface area contributed by atoms with Crippen LogP contribution in [0, 0.1) is 10.1 Å². The van der Waals surface area contributed by atoms with E-state index in [0.29, 0.717) is 36.7 Å². The Morgan fingerprint density at radius 1 is 1.08 bits per heavy atom. The van der Waals surface area contributed by atoms with Gasteiger partial charge in [-0.1, -0.05) is 47.2 Å². The summed E-state index contributed by atoms with van der Waals surface area (Å²) in [7, 11) is 1.24. The van der Waals surface area contributed by atoms with Crippen molar-refractivity contribution in [3.05, 3.63) is 122 Å². The van der Waals surface area contributed by atoms with Crippen molar-refractivity contribution in [3.8, 4) is 17.2 Å². The first-order chi connectivity index (χ1) is 24.5. The Hall–Kier alpha value is -4.99. The zero-order valence-corrected chi connectivity index (χ0v) is 30.9. The number of hydrogen-bond acceptors (Lipinski definition) is 12. The molecule has 3 aromatic carbocycles. The van der Waals surface area contributed by atoms with Crippen LogP contribution in [0.3, 0.4) is 0 Å². The molecule has 0 N–H and O–H groups in total. The molecule has 1 atom stereocenters. The van der Waals surface area contributed by atoms with E-state index in [1.807, 2.05) is 0 Å². The Morgan fingerprint density at radius 3 is 2.53 bits per heavy atom. The highest BCUT2D eigenvalue weighted by Gasteiger charge is 2.34. The fraction of sp³-hybridized carbons (Fsp3) is 0.257. The second-order valence-corrected chi connectivity index (χ2v) is 13.1. The lowest BCUT2D eigenvalue weighted by molar-refractivity contribution is -0.386. The van der Waals surface area contributed by atoms with Crippen LogP contribution in [-0.2, 0) is 25.7 Å². The number of esters is 2. The molecule has 0 unspecified atom stereocenters. The average Bonchev–Trinajstić information content (AvgIpc) is 3.40. The van der Waals surface area contributed by atoms with Gasteiger partial charge in [-0.2, -0.15) is 0 Å². The number of hydrogen-bond donors (Lipinski definition) is 0. The summed E-state index contributed by atoms with van der Waals surface area (Å²) >= 11 is 10.7. The van der Waals surface area contributed by atoms with Crippen molar-refractivity contribution in [2.45, 2.75) is 33.4 Å². The van der Waals surface area contributed by atoms with Crippen LogP contribution in [0.4, 0.5) is 5.69 Å². The Kier molecular flexibility index (Phi) is 12.0. The molecule has 1 aliphatic heterocycles.